The number of nitrogens with zero attached hydrogens (tertiary/aromatic N) is 2. The average Bonchev–Trinajstić information content (AvgIpc) is 3.42. The lowest BCUT2D eigenvalue weighted by Gasteiger charge is -2.26. The minimum Gasteiger partial charge on any atom is -0.467 e. The molecule has 0 spiro atoms. The molecule has 3 heterocycles. The molecule has 1 saturated heterocycles. The molecule has 1 aliphatic heterocycles. The van der Waals surface area contributed by atoms with Crippen molar-refractivity contribution >= 4 is 23.4 Å². The first-order valence-corrected chi connectivity index (χ1v) is 8.44. The van der Waals surface area contributed by atoms with Crippen LogP contribution in [0.15, 0.2) is 76.0 Å². The third-order valence-electron chi connectivity index (χ3n) is 4.41. The molecule has 1 aliphatic rings. The van der Waals surface area contributed by atoms with Crippen LogP contribution in [0.3, 0.4) is 0 Å². The van der Waals surface area contributed by atoms with Crippen LogP contribution >= 0.6 is 0 Å². The van der Waals surface area contributed by atoms with Crippen LogP contribution in [0.25, 0.3) is 0 Å². The van der Waals surface area contributed by atoms with Crippen LogP contribution in [-0.2, 0) is 16.1 Å². The van der Waals surface area contributed by atoms with E-state index < -0.39 is 17.9 Å². The number of carbonyl (C=O) groups excluding carboxylic acids is 3. The zero-order valence-corrected chi connectivity index (χ0v) is 14.3. The molecule has 3 aromatic rings. The molecule has 0 saturated carbocycles. The van der Waals surface area contributed by atoms with Crippen molar-refractivity contribution in [3.8, 4) is 0 Å². The standard InChI is InChI=1S/C20H16N2O5/c23-18-12-16(19(24)22(18)14-6-2-1-3-7-14)21(13-15-8-4-10-26-15)20(25)17-9-5-11-27-17/h1-11,16H,12-13H2. The molecular weight excluding hydrogens is 348 g/mol. The number of anilines is 1. The predicted octanol–water partition coefficient (Wildman–Crippen LogP) is 2.85. The largest absolute Gasteiger partial charge is 0.467 e. The van der Waals surface area contributed by atoms with E-state index in [9.17, 15) is 14.4 Å². The number of para-hydroxylation sites is 1. The molecule has 1 atom stereocenters. The van der Waals surface area contributed by atoms with Crippen molar-refractivity contribution in [3.63, 3.8) is 0 Å². The number of benzene rings is 1. The van der Waals surface area contributed by atoms with E-state index in [0.717, 1.165) is 4.90 Å². The lowest BCUT2D eigenvalue weighted by atomic mass is 10.2. The second kappa shape index (κ2) is 6.95. The lowest BCUT2D eigenvalue weighted by molar-refractivity contribution is -0.122. The number of hydrogen-bond acceptors (Lipinski definition) is 5. The summed E-state index contributed by atoms with van der Waals surface area (Å²) >= 11 is 0. The molecule has 4 rings (SSSR count). The van der Waals surface area contributed by atoms with Gasteiger partial charge in [-0.3, -0.25) is 14.4 Å². The Labute approximate surface area is 154 Å². The van der Waals surface area contributed by atoms with E-state index in [1.807, 2.05) is 0 Å². The van der Waals surface area contributed by atoms with Gasteiger partial charge in [-0.1, -0.05) is 18.2 Å². The highest BCUT2D eigenvalue weighted by Gasteiger charge is 2.45. The van der Waals surface area contributed by atoms with Crippen molar-refractivity contribution < 1.29 is 23.2 Å². The molecule has 0 bridgehead atoms. The first-order chi connectivity index (χ1) is 13.1. The second-order valence-corrected chi connectivity index (χ2v) is 6.11. The number of imide groups is 1. The fourth-order valence-corrected chi connectivity index (χ4v) is 3.14. The maximum atomic E-state index is 13.0. The van der Waals surface area contributed by atoms with Crippen molar-refractivity contribution in [2.45, 2.75) is 19.0 Å². The fourth-order valence-electron chi connectivity index (χ4n) is 3.14. The van der Waals surface area contributed by atoms with Crippen molar-refractivity contribution in [1.82, 2.24) is 4.90 Å². The Bertz CT molecular complexity index is 948. The summed E-state index contributed by atoms with van der Waals surface area (Å²) < 4.78 is 10.5. The van der Waals surface area contributed by atoms with E-state index in [0.29, 0.717) is 11.4 Å². The topological polar surface area (TPSA) is 84.0 Å². The van der Waals surface area contributed by atoms with Gasteiger partial charge < -0.3 is 13.7 Å². The summed E-state index contributed by atoms with van der Waals surface area (Å²) in [6.07, 6.45) is 2.78. The number of rotatable bonds is 5. The van der Waals surface area contributed by atoms with Gasteiger partial charge in [-0.2, -0.15) is 0 Å². The second-order valence-electron chi connectivity index (χ2n) is 6.11. The van der Waals surface area contributed by atoms with E-state index in [1.165, 1.54) is 23.5 Å². The summed E-state index contributed by atoms with van der Waals surface area (Å²) in [7, 11) is 0. The Morgan fingerprint density at radius 1 is 1.00 bits per heavy atom. The van der Waals surface area contributed by atoms with Gasteiger partial charge in [-0.05, 0) is 36.4 Å². The molecule has 27 heavy (non-hydrogen) atoms. The van der Waals surface area contributed by atoms with Gasteiger partial charge in [0, 0.05) is 0 Å². The summed E-state index contributed by atoms with van der Waals surface area (Å²) in [5.41, 5.74) is 0.485. The maximum Gasteiger partial charge on any atom is 0.290 e. The summed E-state index contributed by atoms with van der Waals surface area (Å²) in [6.45, 7) is 0.0544. The van der Waals surface area contributed by atoms with Crippen molar-refractivity contribution in [3.05, 3.63) is 78.6 Å². The molecular formula is C20H16N2O5. The number of carbonyl (C=O) groups is 3. The minimum absolute atomic E-state index is 0.0544. The quantitative estimate of drug-likeness (QED) is 0.650. The SMILES string of the molecule is O=C1CC(N(Cc2ccco2)C(=O)c2ccco2)C(=O)N1c1ccccc1. The molecule has 136 valence electrons. The van der Waals surface area contributed by atoms with Gasteiger partial charge in [-0.15, -0.1) is 0 Å². The molecule has 1 unspecified atom stereocenters. The van der Waals surface area contributed by atoms with E-state index in [-0.39, 0.29) is 24.6 Å². The molecule has 2 aromatic heterocycles. The molecule has 7 nitrogen and oxygen atoms in total. The normalized spacial score (nSPS) is 16.7. The number of furan rings is 2. The van der Waals surface area contributed by atoms with Gasteiger partial charge in [0.15, 0.2) is 5.76 Å². The van der Waals surface area contributed by atoms with Crippen molar-refractivity contribution in [1.29, 1.82) is 0 Å². The fraction of sp³-hybridized carbons (Fsp3) is 0.150. The van der Waals surface area contributed by atoms with Crippen molar-refractivity contribution in [2.24, 2.45) is 0 Å². The monoisotopic (exact) mass is 364 g/mol. The van der Waals surface area contributed by atoms with Crippen LogP contribution in [-0.4, -0.2) is 28.7 Å². The van der Waals surface area contributed by atoms with Crippen molar-refractivity contribution in [2.75, 3.05) is 4.90 Å². The Morgan fingerprint density at radius 3 is 2.41 bits per heavy atom. The summed E-state index contributed by atoms with van der Waals surface area (Å²) in [5.74, 6) is -0.670. The van der Waals surface area contributed by atoms with Gasteiger partial charge in [0.25, 0.3) is 11.8 Å². The zero-order chi connectivity index (χ0) is 18.8. The molecule has 0 N–H and O–H groups in total. The van der Waals surface area contributed by atoms with Crippen LogP contribution in [0, 0.1) is 0 Å². The number of amides is 3. The van der Waals surface area contributed by atoms with Gasteiger partial charge in [0.2, 0.25) is 5.91 Å². The Morgan fingerprint density at radius 2 is 1.74 bits per heavy atom. The Hall–Kier alpha value is -3.61. The smallest absolute Gasteiger partial charge is 0.290 e. The van der Waals surface area contributed by atoms with E-state index in [1.54, 1.807) is 48.5 Å². The average molecular weight is 364 g/mol. The first-order valence-electron chi connectivity index (χ1n) is 8.44. The van der Waals surface area contributed by atoms with Gasteiger partial charge in [0.05, 0.1) is 31.2 Å². The van der Waals surface area contributed by atoms with Crippen LogP contribution in [0.5, 0.6) is 0 Å². The predicted molar refractivity (Wildman–Crippen MR) is 94.6 cm³/mol. The molecule has 0 radical (unpaired) electrons. The highest BCUT2D eigenvalue weighted by molar-refractivity contribution is 6.23. The van der Waals surface area contributed by atoms with E-state index >= 15 is 0 Å². The van der Waals surface area contributed by atoms with Crippen LogP contribution < -0.4 is 4.90 Å². The van der Waals surface area contributed by atoms with Gasteiger partial charge in [0.1, 0.15) is 11.8 Å². The molecule has 1 aromatic carbocycles. The molecule has 1 fully saturated rings. The minimum atomic E-state index is -0.930. The molecule has 0 aliphatic carbocycles. The van der Waals surface area contributed by atoms with E-state index in [2.05, 4.69) is 0 Å². The Balaban J connectivity index is 1.66. The zero-order valence-electron chi connectivity index (χ0n) is 14.3. The first kappa shape index (κ1) is 16.8. The van der Waals surface area contributed by atoms with Gasteiger partial charge in [-0.25, -0.2) is 4.90 Å². The van der Waals surface area contributed by atoms with Crippen LogP contribution in [0.1, 0.15) is 22.7 Å². The lowest BCUT2D eigenvalue weighted by Crippen LogP contribution is -2.45. The molecule has 7 heteroatoms. The Kier molecular flexibility index (Phi) is 4.33. The van der Waals surface area contributed by atoms with E-state index in [4.69, 9.17) is 8.83 Å². The van der Waals surface area contributed by atoms with Gasteiger partial charge >= 0.3 is 0 Å². The van der Waals surface area contributed by atoms with Crippen LogP contribution in [0.4, 0.5) is 5.69 Å². The highest BCUT2D eigenvalue weighted by atomic mass is 16.3. The third-order valence-corrected chi connectivity index (χ3v) is 4.41. The maximum absolute atomic E-state index is 13.0. The summed E-state index contributed by atoms with van der Waals surface area (Å²) in [5, 5.41) is 0. The summed E-state index contributed by atoms with van der Waals surface area (Å²) in [4.78, 5) is 40.9. The van der Waals surface area contributed by atoms with Crippen LogP contribution in [0.2, 0.25) is 0 Å². The number of hydrogen-bond donors (Lipinski definition) is 0. The highest BCUT2D eigenvalue weighted by Crippen LogP contribution is 2.27. The summed E-state index contributed by atoms with van der Waals surface area (Å²) in [6, 6.07) is 14.3. The third kappa shape index (κ3) is 3.15. The molecule has 3 amide bonds.